The van der Waals surface area contributed by atoms with Crippen molar-refractivity contribution in [1.29, 1.82) is 0 Å². The van der Waals surface area contributed by atoms with Crippen LogP contribution in [0.2, 0.25) is 0 Å². The van der Waals surface area contributed by atoms with Crippen molar-refractivity contribution in [3.8, 4) is 5.75 Å². The van der Waals surface area contributed by atoms with Gasteiger partial charge in [-0.3, -0.25) is 19.2 Å². The number of amides is 4. The second-order valence-electron chi connectivity index (χ2n) is 10.5. The number of carbonyl (C=O) groups is 5. The summed E-state index contributed by atoms with van der Waals surface area (Å²) in [5.74, 6) is -3.23. The Bertz CT molecular complexity index is 1310. The molecular weight excluding hydrogens is 814 g/mol. The highest BCUT2D eigenvalue weighted by Gasteiger charge is 2.32. The predicted octanol–water partition coefficient (Wildman–Crippen LogP) is 2.84. The summed E-state index contributed by atoms with van der Waals surface area (Å²) in [5.41, 5.74) is 1.44. The highest BCUT2D eigenvalue weighted by Crippen LogP contribution is 2.28. The van der Waals surface area contributed by atoms with Gasteiger partial charge in [0, 0.05) is 19.8 Å². The van der Waals surface area contributed by atoms with E-state index in [9.17, 15) is 34.2 Å². The Balaban J connectivity index is 2.21. The number of benzene rings is 2. The molecule has 2 aromatic carbocycles. The van der Waals surface area contributed by atoms with Crippen molar-refractivity contribution in [2.24, 2.45) is 5.92 Å². The number of rotatable bonds is 16. The highest BCUT2D eigenvalue weighted by atomic mass is 127. The second-order valence-corrected chi connectivity index (χ2v) is 13.8. The van der Waals surface area contributed by atoms with Gasteiger partial charge in [-0.05, 0) is 92.8 Å². The number of aromatic hydroxyl groups is 1. The van der Waals surface area contributed by atoms with Crippen LogP contribution in [0.15, 0.2) is 42.5 Å². The van der Waals surface area contributed by atoms with E-state index in [0.29, 0.717) is 18.5 Å². The molecule has 240 valence electrons. The molecule has 0 fully saturated rings. The van der Waals surface area contributed by atoms with Crippen LogP contribution in [-0.4, -0.2) is 76.0 Å². The van der Waals surface area contributed by atoms with Crippen molar-refractivity contribution in [3.63, 3.8) is 0 Å². The molecule has 0 aliphatic rings. The Labute approximate surface area is 288 Å². The lowest BCUT2D eigenvalue weighted by Crippen LogP contribution is -2.59. The third-order valence-electron chi connectivity index (χ3n) is 6.60. The number of carboxylic acid groups (broad SMARTS) is 1. The zero-order valence-electron chi connectivity index (χ0n) is 24.9. The van der Waals surface area contributed by atoms with E-state index >= 15 is 0 Å². The minimum absolute atomic E-state index is 0.0689. The number of aliphatic carboxylic acids is 1. The lowest BCUT2D eigenvalue weighted by molar-refractivity contribution is -0.142. The third kappa shape index (κ3) is 12.1. The van der Waals surface area contributed by atoms with Gasteiger partial charge in [-0.1, -0.05) is 44.2 Å². The lowest BCUT2D eigenvalue weighted by atomic mass is 10.00. The maximum absolute atomic E-state index is 13.5. The maximum Gasteiger partial charge on any atom is 0.326 e. The minimum atomic E-state index is -1.20. The molecule has 0 aliphatic heterocycles. The molecule has 6 N–H and O–H groups in total. The van der Waals surface area contributed by atoms with Gasteiger partial charge in [-0.15, -0.1) is 0 Å². The predicted molar refractivity (Wildman–Crippen MR) is 186 cm³/mol. The zero-order chi connectivity index (χ0) is 33.0. The van der Waals surface area contributed by atoms with Crippen LogP contribution in [-0.2, 0) is 36.8 Å². The average molecular weight is 853 g/mol. The molecule has 0 heterocycles. The fourth-order valence-electron chi connectivity index (χ4n) is 4.30. The first-order chi connectivity index (χ1) is 20.7. The molecule has 0 spiro atoms. The van der Waals surface area contributed by atoms with Crippen LogP contribution in [0.1, 0.15) is 38.3 Å². The molecule has 11 nitrogen and oxygen atoms in total. The van der Waals surface area contributed by atoms with Gasteiger partial charge in [0.2, 0.25) is 23.6 Å². The first kappa shape index (κ1) is 37.6. The summed E-state index contributed by atoms with van der Waals surface area (Å²) < 4.78 is 1.18. The summed E-state index contributed by atoms with van der Waals surface area (Å²) in [4.78, 5) is 64.1. The number of hydrogen-bond donors (Lipinski definition) is 6. The average Bonchev–Trinajstić information content (AvgIpc) is 2.95. The fourth-order valence-corrected chi connectivity index (χ4v) is 6.67. The zero-order valence-corrected chi connectivity index (χ0v) is 30.0. The van der Waals surface area contributed by atoms with Crippen molar-refractivity contribution in [3.05, 3.63) is 60.7 Å². The van der Waals surface area contributed by atoms with E-state index in [1.807, 2.05) is 57.5 Å². The van der Waals surface area contributed by atoms with Crippen LogP contribution in [0, 0.1) is 13.1 Å². The van der Waals surface area contributed by atoms with Crippen molar-refractivity contribution >= 4 is 86.5 Å². The van der Waals surface area contributed by atoms with Gasteiger partial charge < -0.3 is 31.5 Å². The van der Waals surface area contributed by atoms with Gasteiger partial charge in [0.05, 0.1) is 7.14 Å². The largest absolute Gasteiger partial charge is 0.506 e. The Morgan fingerprint density at radius 2 is 1.34 bits per heavy atom. The number of halogens is 2. The summed E-state index contributed by atoms with van der Waals surface area (Å²) in [7, 11) is 0. The summed E-state index contributed by atoms with van der Waals surface area (Å²) in [6.45, 7) is 4.76. The molecule has 0 aliphatic carbocycles. The Kier molecular flexibility index (Phi) is 15.7. The molecule has 14 heteroatoms. The molecule has 2 aromatic rings. The topological polar surface area (TPSA) is 174 Å². The normalized spacial score (nSPS) is 13.7. The fraction of sp³-hybridized carbons (Fsp3) is 0.433. The van der Waals surface area contributed by atoms with Crippen LogP contribution in [0.5, 0.6) is 5.75 Å². The van der Waals surface area contributed by atoms with E-state index in [2.05, 4.69) is 21.3 Å². The number of carbonyl (C=O) groups excluding carboxylic acids is 4. The summed E-state index contributed by atoms with van der Waals surface area (Å²) >= 11 is 5.43. The number of phenolic OH excluding ortho intramolecular Hbond substituents is 1. The minimum Gasteiger partial charge on any atom is -0.506 e. The van der Waals surface area contributed by atoms with Crippen molar-refractivity contribution < 1.29 is 34.2 Å². The molecule has 0 aromatic heterocycles. The van der Waals surface area contributed by atoms with E-state index in [4.69, 9.17) is 0 Å². The lowest BCUT2D eigenvalue weighted by Gasteiger charge is -2.28. The van der Waals surface area contributed by atoms with Gasteiger partial charge in [0.15, 0.2) is 0 Å². The van der Waals surface area contributed by atoms with Crippen molar-refractivity contribution in [1.82, 2.24) is 21.3 Å². The van der Waals surface area contributed by atoms with Gasteiger partial charge in [0.1, 0.15) is 29.9 Å². The summed E-state index contributed by atoms with van der Waals surface area (Å²) in [5, 5.41) is 30.5. The number of thioether (sulfide) groups is 1. The van der Waals surface area contributed by atoms with Crippen molar-refractivity contribution in [2.75, 3.05) is 12.0 Å². The molecule has 0 saturated heterocycles. The Hall–Kier alpha value is -2.60. The summed E-state index contributed by atoms with van der Waals surface area (Å²) in [6.07, 6.45) is 2.27. The standard InChI is InChI=1S/C30H38I2N4O7S/c1-16(2)25(36-28(40)23(33-17(3)37)15-19-12-20(31)26(38)21(32)13-19)29(41)34-22(10-11-44-4)27(39)35-24(30(42)43)14-18-8-6-5-7-9-18/h5-9,12-13,16,22-25,38H,10-11,14-15H2,1-4H3,(H,33,37)(H,34,41)(H,35,39)(H,36,40)(H,42,43)/t22-,23-,24-,25-/m0/s1. The van der Waals surface area contributed by atoms with E-state index in [0.717, 1.165) is 5.56 Å². The van der Waals surface area contributed by atoms with E-state index in [-0.39, 0.29) is 30.9 Å². The Morgan fingerprint density at radius 3 is 1.86 bits per heavy atom. The van der Waals surface area contributed by atoms with Crippen LogP contribution in [0.4, 0.5) is 0 Å². The molecule has 44 heavy (non-hydrogen) atoms. The molecule has 4 amide bonds. The second kappa shape index (κ2) is 18.4. The molecule has 0 saturated carbocycles. The van der Waals surface area contributed by atoms with Crippen LogP contribution in [0.25, 0.3) is 0 Å². The quantitative estimate of drug-likeness (QED) is 0.140. The highest BCUT2D eigenvalue weighted by molar-refractivity contribution is 14.1. The SMILES string of the molecule is CSCC[C@H](NC(=O)[C@@H](NC(=O)[C@H](Cc1cc(I)c(O)c(I)c1)NC(C)=O)C(C)C)C(=O)N[C@@H](Cc1ccccc1)C(=O)O. The monoisotopic (exact) mass is 852 g/mol. The third-order valence-corrected chi connectivity index (χ3v) is 8.89. The van der Waals surface area contributed by atoms with E-state index in [1.165, 1.54) is 18.7 Å². The number of hydrogen-bond acceptors (Lipinski definition) is 7. The van der Waals surface area contributed by atoms with Gasteiger partial charge in [0.25, 0.3) is 0 Å². The molecule has 2 rings (SSSR count). The Morgan fingerprint density at radius 1 is 0.795 bits per heavy atom. The van der Waals surface area contributed by atoms with Gasteiger partial charge in [-0.25, -0.2) is 4.79 Å². The van der Waals surface area contributed by atoms with Crippen LogP contribution < -0.4 is 21.3 Å². The van der Waals surface area contributed by atoms with E-state index < -0.39 is 53.8 Å². The first-order valence-corrected chi connectivity index (χ1v) is 17.4. The maximum atomic E-state index is 13.5. The van der Waals surface area contributed by atoms with Gasteiger partial charge in [-0.2, -0.15) is 11.8 Å². The molecular formula is C30H38I2N4O7S. The number of phenols is 1. The van der Waals surface area contributed by atoms with Crippen LogP contribution in [0.3, 0.4) is 0 Å². The van der Waals surface area contributed by atoms with E-state index in [1.54, 1.807) is 50.2 Å². The molecule has 0 radical (unpaired) electrons. The number of carboxylic acids is 1. The summed E-state index contributed by atoms with van der Waals surface area (Å²) in [6, 6.07) is 8.01. The van der Waals surface area contributed by atoms with Crippen LogP contribution >= 0.6 is 56.9 Å². The molecule has 4 atom stereocenters. The number of nitrogens with one attached hydrogen (secondary N) is 4. The first-order valence-electron chi connectivity index (χ1n) is 13.8. The van der Waals surface area contributed by atoms with Gasteiger partial charge >= 0.3 is 5.97 Å². The molecule has 0 bridgehead atoms. The smallest absolute Gasteiger partial charge is 0.326 e. The molecule has 0 unspecified atom stereocenters. The van der Waals surface area contributed by atoms with Crippen molar-refractivity contribution in [2.45, 2.75) is 64.2 Å².